The number of rotatable bonds is 5. The first kappa shape index (κ1) is 16.9. The van der Waals surface area contributed by atoms with E-state index in [1.54, 1.807) is 0 Å². The lowest BCUT2D eigenvalue weighted by atomic mass is 9.86. The molecule has 3 aliphatic rings. The molecule has 1 aromatic rings. The molecule has 0 aromatic heterocycles. The summed E-state index contributed by atoms with van der Waals surface area (Å²) in [6.07, 6.45) is 8.32. The molecule has 4 heteroatoms. The summed E-state index contributed by atoms with van der Waals surface area (Å²) in [5.41, 5.74) is 1.89. The molecule has 1 saturated heterocycles. The SMILES string of the molecule is O=C(NCCC1CC2CCC1C2)c1ccc(N2CCC(O)CC2)cc1. The second-order valence-electron chi connectivity index (χ2n) is 8.24. The average Bonchev–Trinajstić information content (AvgIpc) is 3.26. The highest BCUT2D eigenvalue weighted by atomic mass is 16.3. The molecular weight excluding hydrogens is 312 g/mol. The van der Waals surface area contributed by atoms with Gasteiger partial charge in [0.15, 0.2) is 0 Å². The van der Waals surface area contributed by atoms with E-state index in [0.717, 1.165) is 67.9 Å². The molecule has 3 atom stereocenters. The quantitative estimate of drug-likeness (QED) is 0.864. The minimum atomic E-state index is -0.156. The predicted molar refractivity (Wildman–Crippen MR) is 99.8 cm³/mol. The van der Waals surface area contributed by atoms with Gasteiger partial charge in [-0.05, 0) is 80.5 Å². The zero-order valence-corrected chi connectivity index (χ0v) is 15.0. The van der Waals surface area contributed by atoms with Crippen molar-refractivity contribution in [2.75, 3.05) is 24.5 Å². The minimum Gasteiger partial charge on any atom is -0.393 e. The molecular formula is C21H30N2O2. The van der Waals surface area contributed by atoms with Crippen LogP contribution in [0.5, 0.6) is 0 Å². The molecule has 2 N–H and O–H groups in total. The number of fused-ring (bicyclic) bond motifs is 2. The van der Waals surface area contributed by atoms with E-state index in [9.17, 15) is 9.90 Å². The van der Waals surface area contributed by atoms with Gasteiger partial charge in [0, 0.05) is 30.9 Å². The zero-order valence-electron chi connectivity index (χ0n) is 15.0. The number of aliphatic hydroxyl groups excluding tert-OH is 1. The molecule has 1 heterocycles. The molecule has 1 aliphatic heterocycles. The number of nitrogens with one attached hydrogen (secondary N) is 1. The Morgan fingerprint density at radius 1 is 1.08 bits per heavy atom. The molecule has 0 radical (unpaired) electrons. The van der Waals surface area contributed by atoms with Crippen molar-refractivity contribution in [1.82, 2.24) is 5.32 Å². The molecule has 2 aliphatic carbocycles. The van der Waals surface area contributed by atoms with Crippen molar-refractivity contribution in [3.63, 3.8) is 0 Å². The zero-order chi connectivity index (χ0) is 17.2. The molecule has 136 valence electrons. The van der Waals surface area contributed by atoms with E-state index < -0.39 is 0 Å². The first-order valence-corrected chi connectivity index (χ1v) is 10.0. The Hall–Kier alpha value is -1.55. The van der Waals surface area contributed by atoms with Gasteiger partial charge in [-0.3, -0.25) is 4.79 Å². The Labute approximate surface area is 150 Å². The van der Waals surface area contributed by atoms with Crippen molar-refractivity contribution in [2.24, 2.45) is 17.8 Å². The van der Waals surface area contributed by atoms with Crippen LogP contribution in [0.1, 0.15) is 55.3 Å². The standard InChI is InChI=1S/C21H30N2O2/c24-20-8-11-23(12-9-20)19-5-3-16(4-6-19)21(25)22-10-7-18-14-15-1-2-17(18)13-15/h3-6,15,17-18,20,24H,1-2,7-14H2,(H,22,25). The lowest BCUT2D eigenvalue weighted by Gasteiger charge is -2.31. The van der Waals surface area contributed by atoms with Crippen molar-refractivity contribution in [3.8, 4) is 0 Å². The van der Waals surface area contributed by atoms with E-state index in [-0.39, 0.29) is 12.0 Å². The highest BCUT2D eigenvalue weighted by Gasteiger charge is 2.38. The van der Waals surface area contributed by atoms with Crippen molar-refractivity contribution < 1.29 is 9.90 Å². The number of hydrogen-bond acceptors (Lipinski definition) is 3. The highest BCUT2D eigenvalue weighted by molar-refractivity contribution is 5.94. The molecule has 1 aromatic carbocycles. The van der Waals surface area contributed by atoms with E-state index >= 15 is 0 Å². The molecule has 4 nitrogen and oxygen atoms in total. The van der Waals surface area contributed by atoms with Crippen LogP contribution in [0.4, 0.5) is 5.69 Å². The molecule has 25 heavy (non-hydrogen) atoms. The van der Waals surface area contributed by atoms with Gasteiger partial charge in [-0.2, -0.15) is 0 Å². The highest BCUT2D eigenvalue weighted by Crippen LogP contribution is 2.49. The molecule has 3 fully saturated rings. The Morgan fingerprint density at radius 3 is 2.48 bits per heavy atom. The van der Waals surface area contributed by atoms with Gasteiger partial charge in [-0.15, -0.1) is 0 Å². The Balaban J connectivity index is 1.24. The summed E-state index contributed by atoms with van der Waals surface area (Å²) < 4.78 is 0. The van der Waals surface area contributed by atoms with Crippen LogP contribution in [0.15, 0.2) is 24.3 Å². The first-order valence-electron chi connectivity index (χ1n) is 10.0. The largest absolute Gasteiger partial charge is 0.393 e. The number of amides is 1. The number of piperidine rings is 1. The molecule has 1 amide bonds. The van der Waals surface area contributed by atoms with Gasteiger partial charge < -0.3 is 15.3 Å². The number of hydrogen-bond donors (Lipinski definition) is 2. The van der Waals surface area contributed by atoms with Crippen LogP contribution in [0.25, 0.3) is 0 Å². The third kappa shape index (κ3) is 3.84. The minimum absolute atomic E-state index is 0.0452. The maximum Gasteiger partial charge on any atom is 0.251 e. The fraction of sp³-hybridized carbons (Fsp3) is 0.667. The van der Waals surface area contributed by atoms with Crippen LogP contribution in [0.3, 0.4) is 0 Å². The average molecular weight is 342 g/mol. The van der Waals surface area contributed by atoms with Gasteiger partial charge >= 0.3 is 0 Å². The maximum absolute atomic E-state index is 12.4. The summed E-state index contributed by atoms with van der Waals surface area (Å²) in [6, 6.07) is 7.91. The van der Waals surface area contributed by atoms with E-state index in [0.29, 0.717) is 0 Å². The van der Waals surface area contributed by atoms with Crippen molar-refractivity contribution in [3.05, 3.63) is 29.8 Å². The van der Waals surface area contributed by atoms with E-state index in [2.05, 4.69) is 10.2 Å². The monoisotopic (exact) mass is 342 g/mol. The number of carbonyl (C=O) groups is 1. The summed E-state index contributed by atoms with van der Waals surface area (Å²) in [5.74, 6) is 2.80. The van der Waals surface area contributed by atoms with Crippen LogP contribution in [0.2, 0.25) is 0 Å². The fourth-order valence-electron chi connectivity index (χ4n) is 5.15. The summed E-state index contributed by atoms with van der Waals surface area (Å²) in [5, 5.41) is 12.7. The molecule has 2 saturated carbocycles. The smallest absolute Gasteiger partial charge is 0.251 e. The lowest BCUT2D eigenvalue weighted by Crippen LogP contribution is -2.35. The summed E-state index contributed by atoms with van der Waals surface area (Å²) >= 11 is 0. The third-order valence-corrected chi connectivity index (χ3v) is 6.64. The van der Waals surface area contributed by atoms with Gasteiger partial charge in [0.25, 0.3) is 5.91 Å². The van der Waals surface area contributed by atoms with Gasteiger partial charge in [0.2, 0.25) is 0 Å². The van der Waals surface area contributed by atoms with Crippen LogP contribution >= 0.6 is 0 Å². The summed E-state index contributed by atoms with van der Waals surface area (Å²) in [6.45, 7) is 2.57. The normalized spacial score (nSPS) is 29.2. The summed E-state index contributed by atoms with van der Waals surface area (Å²) in [7, 11) is 0. The van der Waals surface area contributed by atoms with Crippen molar-refractivity contribution in [1.29, 1.82) is 0 Å². The molecule has 4 rings (SSSR count). The van der Waals surface area contributed by atoms with Crippen molar-refractivity contribution in [2.45, 2.75) is 51.0 Å². The number of anilines is 1. The second kappa shape index (κ2) is 7.36. The van der Waals surface area contributed by atoms with Crippen molar-refractivity contribution >= 4 is 11.6 Å². The molecule has 0 spiro atoms. The molecule has 3 unspecified atom stereocenters. The Bertz CT molecular complexity index is 592. The van der Waals surface area contributed by atoms with Gasteiger partial charge in [0.1, 0.15) is 0 Å². The van der Waals surface area contributed by atoms with E-state index in [1.807, 2.05) is 24.3 Å². The third-order valence-electron chi connectivity index (χ3n) is 6.64. The van der Waals surface area contributed by atoms with Gasteiger partial charge in [-0.1, -0.05) is 6.42 Å². The Kier molecular flexibility index (Phi) is 4.98. The fourth-order valence-corrected chi connectivity index (χ4v) is 5.15. The van der Waals surface area contributed by atoms with E-state index in [4.69, 9.17) is 0 Å². The maximum atomic E-state index is 12.4. The first-order chi connectivity index (χ1) is 12.2. The lowest BCUT2D eigenvalue weighted by molar-refractivity contribution is 0.0949. The number of aliphatic hydroxyl groups is 1. The van der Waals surface area contributed by atoms with Gasteiger partial charge in [0.05, 0.1) is 6.10 Å². The predicted octanol–water partition coefficient (Wildman–Crippen LogP) is 3.20. The Morgan fingerprint density at radius 2 is 1.84 bits per heavy atom. The van der Waals surface area contributed by atoms with Crippen LogP contribution in [0, 0.1) is 17.8 Å². The van der Waals surface area contributed by atoms with E-state index in [1.165, 1.54) is 25.7 Å². The second-order valence-corrected chi connectivity index (χ2v) is 8.24. The van der Waals surface area contributed by atoms with Crippen LogP contribution < -0.4 is 10.2 Å². The number of carbonyl (C=O) groups excluding carboxylic acids is 1. The molecule has 2 bridgehead atoms. The van der Waals surface area contributed by atoms with Crippen LogP contribution in [-0.2, 0) is 0 Å². The number of nitrogens with zero attached hydrogens (tertiary/aromatic N) is 1. The topological polar surface area (TPSA) is 52.6 Å². The van der Waals surface area contributed by atoms with Gasteiger partial charge in [-0.25, -0.2) is 0 Å². The number of benzene rings is 1. The summed E-state index contributed by atoms with van der Waals surface area (Å²) in [4.78, 5) is 14.6. The van der Waals surface area contributed by atoms with Crippen LogP contribution in [-0.4, -0.2) is 36.8 Å².